The van der Waals surface area contributed by atoms with Gasteiger partial charge in [-0.3, -0.25) is 4.79 Å². The normalized spacial score (nSPS) is 16.3. The summed E-state index contributed by atoms with van der Waals surface area (Å²) in [5, 5.41) is 2.48. The number of nitrogens with zero attached hydrogens (tertiary/aromatic N) is 3. The van der Waals surface area contributed by atoms with E-state index in [9.17, 15) is 4.79 Å². The average molecular weight is 418 g/mol. The number of anilines is 1. The number of carbonyl (C=O) groups excluding carboxylic acids is 1. The van der Waals surface area contributed by atoms with Crippen LogP contribution >= 0.6 is 0 Å². The van der Waals surface area contributed by atoms with Gasteiger partial charge in [-0.1, -0.05) is 66.7 Å². The maximum Gasteiger partial charge on any atom is 0.227 e. The first-order chi connectivity index (χ1) is 15.8. The van der Waals surface area contributed by atoms with Crippen LogP contribution in [0.3, 0.4) is 0 Å². The highest BCUT2D eigenvalue weighted by Gasteiger charge is 2.34. The average Bonchev–Trinajstić information content (AvgIpc) is 3.40. The molecule has 32 heavy (non-hydrogen) atoms. The SMILES string of the molecule is O=C1C[C@@H](c2nc3ccccc3n2Cc2ccc3ccccc3c2)CN1c1ccccc1. The fourth-order valence-corrected chi connectivity index (χ4v) is 4.83. The highest BCUT2D eigenvalue weighted by molar-refractivity contribution is 5.96. The molecule has 1 amide bonds. The number of hydrogen-bond acceptors (Lipinski definition) is 2. The summed E-state index contributed by atoms with van der Waals surface area (Å²) in [6, 6.07) is 33.2. The standard InChI is InChI=1S/C28H23N3O/c32-27-17-23(19-30(27)24-10-2-1-3-11-24)28-29-25-12-6-7-13-26(25)31(28)18-20-14-15-21-8-4-5-9-22(21)16-20/h1-16,23H,17-19H2/t23-/m1/s1. The van der Waals surface area contributed by atoms with Crippen LogP contribution in [0.25, 0.3) is 21.8 Å². The van der Waals surface area contributed by atoms with Crippen molar-refractivity contribution in [2.24, 2.45) is 0 Å². The molecule has 0 aliphatic carbocycles. The Morgan fingerprint density at radius 1 is 0.812 bits per heavy atom. The first-order valence-electron chi connectivity index (χ1n) is 11.0. The lowest BCUT2D eigenvalue weighted by Gasteiger charge is -2.17. The van der Waals surface area contributed by atoms with Crippen molar-refractivity contribution in [3.8, 4) is 0 Å². The number of amides is 1. The van der Waals surface area contributed by atoms with Crippen molar-refractivity contribution in [2.45, 2.75) is 18.9 Å². The molecule has 1 saturated heterocycles. The van der Waals surface area contributed by atoms with E-state index in [0.717, 1.165) is 29.1 Å². The molecular weight excluding hydrogens is 394 g/mol. The molecule has 4 heteroatoms. The minimum atomic E-state index is 0.0653. The van der Waals surface area contributed by atoms with E-state index in [1.54, 1.807) is 0 Å². The molecule has 1 aromatic heterocycles. The molecule has 1 aliphatic rings. The lowest BCUT2D eigenvalue weighted by atomic mass is 10.1. The Bertz CT molecular complexity index is 1440. The van der Waals surface area contributed by atoms with E-state index in [1.165, 1.54) is 16.3 Å². The first-order valence-corrected chi connectivity index (χ1v) is 11.0. The van der Waals surface area contributed by atoms with Crippen LogP contribution in [-0.4, -0.2) is 22.0 Å². The number of rotatable bonds is 4. The summed E-state index contributed by atoms with van der Waals surface area (Å²) in [5.74, 6) is 1.22. The minimum Gasteiger partial charge on any atom is -0.323 e. The van der Waals surface area contributed by atoms with Crippen molar-refractivity contribution in [3.05, 3.63) is 108 Å². The van der Waals surface area contributed by atoms with Crippen LogP contribution in [0.15, 0.2) is 97.1 Å². The largest absolute Gasteiger partial charge is 0.323 e. The van der Waals surface area contributed by atoms with E-state index in [-0.39, 0.29) is 11.8 Å². The van der Waals surface area contributed by atoms with Crippen LogP contribution < -0.4 is 4.90 Å². The molecule has 6 rings (SSSR count). The molecule has 4 aromatic carbocycles. The fraction of sp³-hybridized carbons (Fsp3) is 0.143. The summed E-state index contributed by atoms with van der Waals surface area (Å²) in [6.45, 7) is 1.39. The number of carbonyl (C=O) groups is 1. The molecule has 5 aromatic rings. The van der Waals surface area contributed by atoms with Gasteiger partial charge in [0, 0.05) is 31.1 Å². The lowest BCUT2D eigenvalue weighted by Crippen LogP contribution is -2.24. The molecular formula is C28H23N3O. The predicted octanol–water partition coefficient (Wildman–Crippen LogP) is 5.76. The van der Waals surface area contributed by atoms with Gasteiger partial charge in [0.05, 0.1) is 11.0 Å². The quantitative estimate of drug-likeness (QED) is 0.373. The van der Waals surface area contributed by atoms with Gasteiger partial charge < -0.3 is 9.47 Å². The monoisotopic (exact) mass is 417 g/mol. The fourth-order valence-electron chi connectivity index (χ4n) is 4.83. The van der Waals surface area contributed by atoms with Crippen LogP contribution in [0, 0.1) is 0 Å². The Morgan fingerprint density at radius 3 is 2.44 bits per heavy atom. The minimum absolute atomic E-state index is 0.0653. The maximum absolute atomic E-state index is 12.9. The second kappa shape index (κ2) is 7.65. The van der Waals surface area contributed by atoms with Crippen LogP contribution in [0.5, 0.6) is 0 Å². The molecule has 0 unspecified atom stereocenters. The Labute approximate surface area is 186 Å². The van der Waals surface area contributed by atoms with E-state index in [0.29, 0.717) is 13.0 Å². The number of imidazole rings is 1. The molecule has 0 N–H and O–H groups in total. The van der Waals surface area contributed by atoms with Gasteiger partial charge in [0.15, 0.2) is 0 Å². The van der Waals surface area contributed by atoms with Gasteiger partial charge in [-0.05, 0) is 46.7 Å². The van der Waals surface area contributed by atoms with Gasteiger partial charge in [0.1, 0.15) is 5.82 Å². The molecule has 0 radical (unpaired) electrons. The molecule has 2 heterocycles. The van der Waals surface area contributed by atoms with Gasteiger partial charge in [0.2, 0.25) is 5.91 Å². The molecule has 0 bridgehead atoms. The van der Waals surface area contributed by atoms with Crippen molar-refractivity contribution in [1.82, 2.24) is 9.55 Å². The van der Waals surface area contributed by atoms with E-state index >= 15 is 0 Å². The number of hydrogen-bond donors (Lipinski definition) is 0. The second-order valence-electron chi connectivity index (χ2n) is 8.47. The molecule has 0 spiro atoms. The molecule has 0 saturated carbocycles. The van der Waals surface area contributed by atoms with Gasteiger partial charge in [0.25, 0.3) is 0 Å². The highest BCUT2D eigenvalue weighted by Crippen LogP contribution is 2.33. The molecule has 1 aliphatic heterocycles. The van der Waals surface area contributed by atoms with E-state index in [2.05, 4.69) is 65.2 Å². The van der Waals surface area contributed by atoms with Crippen LogP contribution in [-0.2, 0) is 11.3 Å². The lowest BCUT2D eigenvalue weighted by molar-refractivity contribution is -0.117. The smallest absolute Gasteiger partial charge is 0.227 e. The number of para-hydroxylation sites is 3. The summed E-state index contributed by atoms with van der Waals surface area (Å²) in [7, 11) is 0. The van der Waals surface area contributed by atoms with Gasteiger partial charge in [-0.2, -0.15) is 0 Å². The molecule has 1 fully saturated rings. The van der Waals surface area contributed by atoms with Gasteiger partial charge in [-0.25, -0.2) is 4.98 Å². The predicted molar refractivity (Wildman–Crippen MR) is 129 cm³/mol. The van der Waals surface area contributed by atoms with E-state index in [4.69, 9.17) is 4.98 Å². The number of benzene rings is 4. The molecule has 156 valence electrons. The Morgan fingerprint density at radius 2 is 1.56 bits per heavy atom. The van der Waals surface area contributed by atoms with Crippen LogP contribution in [0.4, 0.5) is 5.69 Å². The van der Waals surface area contributed by atoms with E-state index < -0.39 is 0 Å². The Hall–Kier alpha value is -3.92. The van der Waals surface area contributed by atoms with Crippen LogP contribution in [0.1, 0.15) is 23.7 Å². The zero-order chi connectivity index (χ0) is 21.5. The third-order valence-electron chi connectivity index (χ3n) is 6.40. The third-order valence-corrected chi connectivity index (χ3v) is 6.40. The van der Waals surface area contributed by atoms with Crippen LogP contribution in [0.2, 0.25) is 0 Å². The van der Waals surface area contributed by atoms with Crippen molar-refractivity contribution in [3.63, 3.8) is 0 Å². The van der Waals surface area contributed by atoms with Crippen molar-refractivity contribution < 1.29 is 4.79 Å². The van der Waals surface area contributed by atoms with Crippen molar-refractivity contribution >= 4 is 33.4 Å². The molecule has 4 nitrogen and oxygen atoms in total. The number of fused-ring (bicyclic) bond motifs is 2. The summed E-state index contributed by atoms with van der Waals surface area (Å²) in [6.07, 6.45) is 0.482. The second-order valence-corrected chi connectivity index (χ2v) is 8.47. The zero-order valence-corrected chi connectivity index (χ0v) is 17.7. The summed E-state index contributed by atoms with van der Waals surface area (Å²) in [4.78, 5) is 19.8. The summed E-state index contributed by atoms with van der Waals surface area (Å²) in [5.41, 5.74) is 4.28. The maximum atomic E-state index is 12.9. The highest BCUT2D eigenvalue weighted by atomic mass is 16.2. The first kappa shape index (κ1) is 18.8. The van der Waals surface area contributed by atoms with E-state index in [1.807, 2.05) is 41.3 Å². The topological polar surface area (TPSA) is 38.1 Å². The summed E-state index contributed by atoms with van der Waals surface area (Å²) >= 11 is 0. The molecule has 1 atom stereocenters. The zero-order valence-electron chi connectivity index (χ0n) is 17.7. The number of aromatic nitrogens is 2. The third kappa shape index (κ3) is 3.25. The van der Waals surface area contributed by atoms with Crippen molar-refractivity contribution in [1.29, 1.82) is 0 Å². The van der Waals surface area contributed by atoms with Gasteiger partial charge >= 0.3 is 0 Å². The Balaban J connectivity index is 1.40. The van der Waals surface area contributed by atoms with Crippen molar-refractivity contribution in [2.75, 3.05) is 11.4 Å². The Kier molecular flexibility index (Phi) is 4.50. The summed E-state index contributed by atoms with van der Waals surface area (Å²) < 4.78 is 2.30. The van der Waals surface area contributed by atoms with Gasteiger partial charge in [-0.15, -0.1) is 0 Å².